The van der Waals surface area contributed by atoms with Crippen LogP contribution >= 0.6 is 11.6 Å². The molecule has 0 saturated carbocycles. The van der Waals surface area contributed by atoms with Gasteiger partial charge in [-0.1, -0.05) is 42.6 Å². The molecule has 1 unspecified atom stereocenters. The Morgan fingerprint density at radius 2 is 1.94 bits per heavy atom. The van der Waals surface area contributed by atoms with Crippen molar-refractivity contribution in [3.8, 4) is 5.75 Å². The van der Waals surface area contributed by atoms with Crippen LogP contribution in [0.5, 0.6) is 5.75 Å². The summed E-state index contributed by atoms with van der Waals surface area (Å²) in [4.78, 5) is 15.5. The van der Waals surface area contributed by atoms with Gasteiger partial charge in [0.15, 0.2) is 0 Å². The van der Waals surface area contributed by atoms with Crippen molar-refractivity contribution in [1.82, 2.24) is 10.2 Å². The van der Waals surface area contributed by atoms with E-state index in [1.807, 2.05) is 6.92 Å². The van der Waals surface area contributed by atoms with Crippen molar-refractivity contribution in [1.29, 1.82) is 0 Å². The van der Waals surface area contributed by atoms with Crippen LogP contribution < -0.4 is 14.4 Å². The number of halogens is 1. The van der Waals surface area contributed by atoms with Gasteiger partial charge in [-0.2, -0.15) is 0 Å². The van der Waals surface area contributed by atoms with Crippen LogP contribution in [0.2, 0.25) is 5.02 Å². The van der Waals surface area contributed by atoms with Gasteiger partial charge in [0, 0.05) is 24.2 Å². The van der Waals surface area contributed by atoms with Gasteiger partial charge in [-0.25, -0.2) is 8.42 Å². The zero-order valence-electron chi connectivity index (χ0n) is 20.8. The first-order chi connectivity index (χ1) is 16.8. The largest absolute Gasteiger partial charge is 0.495 e. The minimum atomic E-state index is -4.05. The topological polar surface area (TPSA) is 79.0 Å². The lowest BCUT2D eigenvalue weighted by Gasteiger charge is -2.35. The summed E-state index contributed by atoms with van der Waals surface area (Å²) >= 11 is 6.19. The number of hydrogen-bond acceptors (Lipinski definition) is 5. The lowest BCUT2D eigenvalue weighted by atomic mass is 10.00. The average Bonchev–Trinajstić information content (AvgIpc) is 2.85. The number of aryl methyl sites for hydroxylation is 1. The Balaban J connectivity index is 1.74. The fourth-order valence-corrected chi connectivity index (χ4v) is 6.10. The van der Waals surface area contributed by atoms with Gasteiger partial charge < -0.3 is 15.0 Å². The van der Waals surface area contributed by atoms with Crippen molar-refractivity contribution in [2.24, 2.45) is 0 Å². The Labute approximate surface area is 214 Å². The van der Waals surface area contributed by atoms with Crippen molar-refractivity contribution >= 4 is 33.2 Å². The maximum absolute atomic E-state index is 13.6. The normalized spacial score (nSPS) is 16.6. The number of rotatable bonds is 11. The summed E-state index contributed by atoms with van der Waals surface area (Å²) in [5.41, 5.74) is 1.16. The molecule has 2 aromatic carbocycles. The SMILES string of the molecule is CCC1CCCCN1CCCNC(=O)CN(c1cc(Cl)ccc1OC)S(=O)(=O)c1ccc(C)cc1. The highest BCUT2D eigenvalue weighted by molar-refractivity contribution is 7.92. The number of amides is 1. The maximum Gasteiger partial charge on any atom is 0.264 e. The van der Waals surface area contributed by atoms with E-state index >= 15 is 0 Å². The van der Waals surface area contributed by atoms with Crippen LogP contribution in [0.1, 0.15) is 44.6 Å². The summed E-state index contributed by atoms with van der Waals surface area (Å²) in [6, 6.07) is 11.9. The van der Waals surface area contributed by atoms with Crippen molar-refractivity contribution in [3.05, 3.63) is 53.1 Å². The third kappa shape index (κ3) is 7.12. The van der Waals surface area contributed by atoms with Gasteiger partial charge in [0.2, 0.25) is 5.91 Å². The number of anilines is 1. The standard InChI is InChI=1S/C26H36ClN3O4S/c1-4-22-8-5-6-16-29(22)17-7-15-28-26(31)19-30(24-18-21(27)11-14-25(24)34-3)35(32,33)23-12-9-20(2)10-13-23/h9-14,18,22H,4-8,15-17,19H2,1-3H3,(H,28,31). The number of carbonyl (C=O) groups excluding carboxylic acids is 1. The minimum absolute atomic E-state index is 0.0913. The molecule has 1 heterocycles. The Bertz CT molecular complexity index is 1090. The molecular formula is C26H36ClN3O4S. The van der Waals surface area contributed by atoms with Crippen molar-refractivity contribution in [2.45, 2.75) is 56.9 Å². The fourth-order valence-electron chi connectivity index (χ4n) is 4.51. The maximum atomic E-state index is 13.6. The quantitative estimate of drug-likeness (QED) is 0.436. The molecule has 3 rings (SSSR count). The summed E-state index contributed by atoms with van der Waals surface area (Å²) in [5, 5.41) is 3.24. The zero-order valence-corrected chi connectivity index (χ0v) is 22.4. The van der Waals surface area contributed by atoms with Gasteiger partial charge in [-0.15, -0.1) is 0 Å². The number of piperidine rings is 1. The molecule has 9 heteroatoms. The molecule has 1 fully saturated rings. The Morgan fingerprint density at radius 3 is 2.63 bits per heavy atom. The molecule has 0 spiro atoms. The van der Waals surface area contributed by atoms with E-state index in [0.717, 1.165) is 35.8 Å². The second-order valence-corrected chi connectivity index (χ2v) is 11.2. The Morgan fingerprint density at radius 1 is 1.20 bits per heavy atom. The summed E-state index contributed by atoms with van der Waals surface area (Å²) in [7, 11) is -2.60. The molecule has 35 heavy (non-hydrogen) atoms. The lowest BCUT2D eigenvalue weighted by molar-refractivity contribution is -0.119. The highest BCUT2D eigenvalue weighted by Gasteiger charge is 2.30. The first kappa shape index (κ1) is 27.3. The number of nitrogens with zero attached hydrogens (tertiary/aromatic N) is 2. The van der Waals surface area contributed by atoms with Crippen LogP contribution in [-0.4, -0.2) is 58.6 Å². The Kier molecular flexibility index (Phi) is 9.83. The summed E-state index contributed by atoms with van der Waals surface area (Å²) in [6.07, 6.45) is 5.68. The lowest BCUT2D eigenvalue weighted by Crippen LogP contribution is -2.43. The van der Waals surface area contributed by atoms with Gasteiger partial charge in [0.25, 0.3) is 10.0 Å². The van der Waals surface area contributed by atoms with Gasteiger partial charge in [-0.05, 0) is 69.5 Å². The molecule has 1 aliphatic rings. The first-order valence-corrected chi connectivity index (χ1v) is 14.0. The molecule has 7 nitrogen and oxygen atoms in total. The molecule has 1 amide bonds. The number of carbonyl (C=O) groups is 1. The molecule has 0 aliphatic carbocycles. The highest BCUT2D eigenvalue weighted by Crippen LogP contribution is 2.34. The minimum Gasteiger partial charge on any atom is -0.495 e. The average molecular weight is 522 g/mol. The molecule has 1 aliphatic heterocycles. The van der Waals surface area contributed by atoms with E-state index in [0.29, 0.717) is 23.4 Å². The van der Waals surface area contributed by atoms with Crippen LogP contribution in [0.3, 0.4) is 0 Å². The number of benzene rings is 2. The fraction of sp³-hybridized carbons (Fsp3) is 0.500. The highest BCUT2D eigenvalue weighted by atomic mass is 35.5. The van der Waals surface area contributed by atoms with Crippen LogP contribution in [-0.2, 0) is 14.8 Å². The number of hydrogen-bond donors (Lipinski definition) is 1. The molecule has 1 atom stereocenters. The number of methoxy groups -OCH3 is 1. The predicted octanol–water partition coefficient (Wildman–Crippen LogP) is 4.62. The molecule has 1 N–H and O–H groups in total. The van der Waals surface area contributed by atoms with Crippen molar-refractivity contribution < 1.29 is 17.9 Å². The van der Waals surface area contributed by atoms with Gasteiger partial charge in [0.05, 0.1) is 17.7 Å². The van der Waals surface area contributed by atoms with E-state index in [9.17, 15) is 13.2 Å². The number of likely N-dealkylation sites (tertiary alicyclic amines) is 1. The van der Waals surface area contributed by atoms with E-state index in [1.165, 1.54) is 44.6 Å². The van der Waals surface area contributed by atoms with Crippen LogP contribution in [0, 0.1) is 6.92 Å². The zero-order chi connectivity index (χ0) is 25.4. The van der Waals surface area contributed by atoms with E-state index in [4.69, 9.17) is 16.3 Å². The number of ether oxygens (including phenoxy) is 1. The summed E-state index contributed by atoms with van der Waals surface area (Å²) in [5.74, 6) is -0.0676. The Hall–Kier alpha value is -2.29. The molecule has 0 bridgehead atoms. The molecular weight excluding hydrogens is 486 g/mol. The van der Waals surface area contributed by atoms with Gasteiger partial charge in [0.1, 0.15) is 12.3 Å². The number of sulfonamides is 1. The molecule has 0 aromatic heterocycles. The van der Waals surface area contributed by atoms with E-state index in [-0.39, 0.29) is 23.0 Å². The van der Waals surface area contributed by atoms with E-state index < -0.39 is 10.0 Å². The van der Waals surface area contributed by atoms with Gasteiger partial charge >= 0.3 is 0 Å². The van der Waals surface area contributed by atoms with Crippen molar-refractivity contribution in [3.63, 3.8) is 0 Å². The van der Waals surface area contributed by atoms with Gasteiger partial charge in [-0.3, -0.25) is 9.10 Å². The van der Waals surface area contributed by atoms with Crippen LogP contribution in [0.4, 0.5) is 5.69 Å². The monoisotopic (exact) mass is 521 g/mol. The molecule has 192 valence electrons. The first-order valence-electron chi connectivity index (χ1n) is 12.2. The molecule has 1 saturated heterocycles. The molecule has 0 radical (unpaired) electrons. The van der Waals surface area contributed by atoms with Crippen LogP contribution in [0.25, 0.3) is 0 Å². The van der Waals surface area contributed by atoms with Crippen LogP contribution in [0.15, 0.2) is 47.4 Å². The number of nitrogens with one attached hydrogen (secondary N) is 1. The second kappa shape index (κ2) is 12.6. The second-order valence-electron chi connectivity index (χ2n) is 8.94. The summed E-state index contributed by atoms with van der Waals surface area (Å²) < 4.78 is 33.7. The van der Waals surface area contributed by atoms with Crippen molar-refractivity contribution in [2.75, 3.05) is 37.6 Å². The smallest absolute Gasteiger partial charge is 0.264 e. The predicted molar refractivity (Wildman–Crippen MR) is 141 cm³/mol. The third-order valence-corrected chi connectivity index (χ3v) is 8.48. The van der Waals surface area contributed by atoms with E-state index in [2.05, 4.69) is 17.1 Å². The van der Waals surface area contributed by atoms with E-state index in [1.54, 1.807) is 24.3 Å². The summed E-state index contributed by atoms with van der Waals surface area (Å²) in [6.45, 7) is 6.23. The molecule has 2 aromatic rings. The third-order valence-electron chi connectivity index (χ3n) is 6.47.